The van der Waals surface area contributed by atoms with Crippen LogP contribution in [0.15, 0.2) is 53.4 Å². The van der Waals surface area contributed by atoms with E-state index in [9.17, 15) is 12.8 Å². The summed E-state index contributed by atoms with van der Waals surface area (Å²) in [5.74, 6) is -0.226. The summed E-state index contributed by atoms with van der Waals surface area (Å²) in [6.07, 6.45) is 1.21. The molecule has 3 rings (SSSR count). The molecule has 25 heavy (non-hydrogen) atoms. The van der Waals surface area contributed by atoms with Crippen molar-refractivity contribution in [2.24, 2.45) is 0 Å². The van der Waals surface area contributed by atoms with Crippen molar-refractivity contribution in [1.29, 1.82) is 0 Å². The van der Waals surface area contributed by atoms with E-state index in [1.54, 1.807) is 24.3 Å². The Labute approximate surface area is 154 Å². The molecule has 1 heterocycles. The van der Waals surface area contributed by atoms with Gasteiger partial charge in [-0.3, -0.25) is 4.90 Å². The second kappa shape index (κ2) is 8.27. The SMILES string of the molecule is CS(=O)(=O)c1ccc(CN2CCNCC2c2cccc(F)c2)cc1.Cl. The molecule has 1 atom stereocenters. The van der Waals surface area contributed by atoms with Crippen LogP contribution >= 0.6 is 12.4 Å². The van der Waals surface area contributed by atoms with Gasteiger partial charge in [-0.15, -0.1) is 12.4 Å². The lowest BCUT2D eigenvalue weighted by atomic mass is 10.0. The van der Waals surface area contributed by atoms with E-state index >= 15 is 0 Å². The minimum absolute atomic E-state index is 0. The minimum Gasteiger partial charge on any atom is -0.314 e. The van der Waals surface area contributed by atoms with Gasteiger partial charge in [0, 0.05) is 38.5 Å². The first-order valence-corrected chi connectivity index (χ1v) is 9.82. The second-order valence-electron chi connectivity index (χ2n) is 6.16. The maximum absolute atomic E-state index is 13.5. The van der Waals surface area contributed by atoms with E-state index in [0.717, 1.165) is 30.8 Å². The zero-order chi connectivity index (χ0) is 17.2. The molecule has 0 spiro atoms. The van der Waals surface area contributed by atoms with Gasteiger partial charge in [0.2, 0.25) is 0 Å². The summed E-state index contributed by atoms with van der Waals surface area (Å²) >= 11 is 0. The predicted octanol–water partition coefficient (Wildman–Crippen LogP) is 2.80. The molecule has 0 aromatic heterocycles. The second-order valence-corrected chi connectivity index (χ2v) is 8.18. The van der Waals surface area contributed by atoms with E-state index in [2.05, 4.69) is 10.2 Å². The third-order valence-electron chi connectivity index (χ3n) is 4.32. The molecule has 0 aliphatic carbocycles. The molecule has 0 bridgehead atoms. The number of nitrogens with one attached hydrogen (secondary N) is 1. The molecule has 1 unspecified atom stereocenters. The average molecular weight is 385 g/mol. The van der Waals surface area contributed by atoms with E-state index in [4.69, 9.17) is 0 Å². The molecule has 2 aromatic carbocycles. The van der Waals surface area contributed by atoms with Gasteiger partial charge in [-0.25, -0.2) is 12.8 Å². The Morgan fingerprint density at radius 3 is 2.56 bits per heavy atom. The van der Waals surface area contributed by atoms with Crippen LogP contribution in [0.5, 0.6) is 0 Å². The highest BCUT2D eigenvalue weighted by molar-refractivity contribution is 7.90. The lowest BCUT2D eigenvalue weighted by molar-refractivity contribution is 0.153. The summed E-state index contributed by atoms with van der Waals surface area (Å²) in [6.45, 7) is 3.21. The maximum atomic E-state index is 13.5. The number of nitrogens with zero attached hydrogens (tertiary/aromatic N) is 1. The van der Waals surface area contributed by atoms with Crippen LogP contribution in [0.25, 0.3) is 0 Å². The molecule has 4 nitrogen and oxygen atoms in total. The number of hydrogen-bond acceptors (Lipinski definition) is 4. The van der Waals surface area contributed by atoms with Crippen molar-refractivity contribution in [3.63, 3.8) is 0 Å². The Morgan fingerprint density at radius 1 is 1.20 bits per heavy atom. The molecule has 136 valence electrons. The van der Waals surface area contributed by atoms with Gasteiger partial charge in [-0.05, 0) is 35.4 Å². The fourth-order valence-electron chi connectivity index (χ4n) is 3.05. The summed E-state index contributed by atoms with van der Waals surface area (Å²) < 4.78 is 36.6. The summed E-state index contributed by atoms with van der Waals surface area (Å²) in [7, 11) is -3.18. The smallest absolute Gasteiger partial charge is 0.175 e. The quantitative estimate of drug-likeness (QED) is 0.880. The van der Waals surface area contributed by atoms with Crippen LogP contribution in [0.2, 0.25) is 0 Å². The Bertz CT molecular complexity index is 812. The normalized spacial score (nSPS) is 18.6. The van der Waals surface area contributed by atoms with Gasteiger partial charge >= 0.3 is 0 Å². The molecule has 1 aliphatic heterocycles. The van der Waals surface area contributed by atoms with Crippen LogP contribution in [0, 0.1) is 5.82 Å². The highest BCUT2D eigenvalue weighted by Crippen LogP contribution is 2.25. The Morgan fingerprint density at radius 2 is 1.92 bits per heavy atom. The van der Waals surface area contributed by atoms with E-state index in [-0.39, 0.29) is 24.3 Å². The number of rotatable bonds is 4. The zero-order valence-electron chi connectivity index (χ0n) is 14.0. The van der Waals surface area contributed by atoms with Gasteiger partial charge in [0.15, 0.2) is 9.84 Å². The summed E-state index contributed by atoms with van der Waals surface area (Å²) in [6, 6.07) is 13.8. The Hall–Kier alpha value is -1.47. The molecule has 7 heteroatoms. The van der Waals surface area contributed by atoms with Crippen LogP contribution in [-0.4, -0.2) is 39.2 Å². The van der Waals surface area contributed by atoms with Crippen LogP contribution in [-0.2, 0) is 16.4 Å². The van der Waals surface area contributed by atoms with Crippen molar-refractivity contribution in [3.05, 3.63) is 65.5 Å². The molecule has 1 saturated heterocycles. The first-order valence-electron chi connectivity index (χ1n) is 7.93. The fraction of sp³-hybridized carbons (Fsp3) is 0.333. The number of halogens is 2. The van der Waals surface area contributed by atoms with Gasteiger partial charge in [0.05, 0.1) is 4.90 Å². The van der Waals surface area contributed by atoms with Crippen LogP contribution in [0.1, 0.15) is 17.2 Å². The molecule has 1 fully saturated rings. The summed E-state index contributed by atoms with van der Waals surface area (Å²) in [4.78, 5) is 2.62. The Kier molecular flexibility index (Phi) is 6.57. The minimum atomic E-state index is -3.18. The number of hydrogen-bond donors (Lipinski definition) is 1. The number of benzene rings is 2. The number of sulfone groups is 1. The lowest BCUT2D eigenvalue weighted by Crippen LogP contribution is -2.45. The fourth-order valence-corrected chi connectivity index (χ4v) is 3.69. The van der Waals surface area contributed by atoms with Crippen molar-refractivity contribution >= 4 is 22.2 Å². The molecule has 1 N–H and O–H groups in total. The van der Waals surface area contributed by atoms with Crippen molar-refractivity contribution in [3.8, 4) is 0 Å². The van der Waals surface area contributed by atoms with Gasteiger partial charge in [0.1, 0.15) is 5.82 Å². The Balaban J connectivity index is 0.00000225. The van der Waals surface area contributed by atoms with Crippen molar-refractivity contribution in [2.75, 3.05) is 25.9 Å². The van der Waals surface area contributed by atoms with E-state index in [1.165, 1.54) is 12.3 Å². The maximum Gasteiger partial charge on any atom is 0.175 e. The topological polar surface area (TPSA) is 49.4 Å². The molecule has 1 aliphatic rings. The predicted molar refractivity (Wildman–Crippen MR) is 99.2 cm³/mol. The lowest BCUT2D eigenvalue weighted by Gasteiger charge is -2.36. The molecular weight excluding hydrogens is 363 g/mol. The highest BCUT2D eigenvalue weighted by Gasteiger charge is 2.24. The molecular formula is C18H22ClFN2O2S. The van der Waals surface area contributed by atoms with Crippen molar-refractivity contribution < 1.29 is 12.8 Å². The standard InChI is InChI=1S/C18H21FN2O2S.ClH/c1-24(22,23)17-7-5-14(6-8-17)13-21-10-9-20-12-18(21)15-3-2-4-16(19)11-15;/h2-8,11,18,20H,9-10,12-13H2,1H3;1H. The molecule has 0 amide bonds. The van der Waals surface area contributed by atoms with Gasteiger partial charge in [-0.1, -0.05) is 24.3 Å². The summed E-state index contributed by atoms with van der Waals surface area (Å²) in [5.41, 5.74) is 2.00. The van der Waals surface area contributed by atoms with Crippen molar-refractivity contribution in [1.82, 2.24) is 10.2 Å². The van der Waals surface area contributed by atoms with E-state index < -0.39 is 9.84 Å². The van der Waals surface area contributed by atoms with Crippen molar-refractivity contribution in [2.45, 2.75) is 17.5 Å². The monoisotopic (exact) mass is 384 g/mol. The van der Waals surface area contributed by atoms with Gasteiger partial charge in [0.25, 0.3) is 0 Å². The average Bonchev–Trinajstić information content (AvgIpc) is 2.55. The number of piperazine rings is 1. The first kappa shape index (κ1) is 19.8. The van der Waals surface area contributed by atoms with E-state index in [1.807, 2.05) is 18.2 Å². The zero-order valence-corrected chi connectivity index (χ0v) is 15.6. The van der Waals surface area contributed by atoms with E-state index in [0.29, 0.717) is 11.4 Å². The largest absolute Gasteiger partial charge is 0.314 e. The molecule has 0 saturated carbocycles. The van der Waals surface area contributed by atoms with Gasteiger partial charge in [-0.2, -0.15) is 0 Å². The van der Waals surface area contributed by atoms with Crippen LogP contribution in [0.3, 0.4) is 0 Å². The molecule has 0 radical (unpaired) electrons. The first-order chi connectivity index (χ1) is 11.4. The summed E-state index contributed by atoms with van der Waals surface area (Å²) in [5, 5.41) is 3.35. The molecule has 2 aromatic rings. The van der Waals surface area contributed by atoms with Crippen LogP contribution < -0.4 is 5.32 Å². The third kappa shape index (κ3) is 5.01. The highest BCUT2D eigenvalue weighted by atomic mass is 35.5. The van der Waals surface area contributed by atoms with Gasteiger partial charge < -0.3 is 5.32 Å². The van der Waals surface area contributed by atoms with Crippen LogP contribution in [0.4, 0.5) is 4.39 Å². The third-order valence-corrected chi connectivity index (χ3v) is 5.45.